The molecule has 9 heteroatoms. The molecule has 0 radical (unpaired) electrons. The van der Waals surface area contributed by atoms with Gasteiger partial charge in [-0.3, -0.25) is 9.48 Å². The number of nitrogens with one attached hydrogen (secondary N) is 1. The van der Waals surface area contributed by atoms with E-state index in [1.165, 1.54) is 6.07 Å². The van der Waals surface area contributed by atoms with E-state index in [0.717, 1.165) is 23.2 Å². The van der Waals surface area contributed by atoms with Gasteiger partial charge >= 0.3 is 6.55 Å². The first-order valence-electron chi connectivity index (χ1n) is 8.20. The second-order valence-electron chi connectivity index (χ2n) is 5.97. The molecular formula is C18H19F2N5O2. The Balaban J connectivity index is 1.79. The lowest BCUT2D eigenvalue weighted by Crippen LogP contribution is -2.15. The molecule has 3 aromatic rings. The van der Waals surface area contributed by atoms with Crippen molar-refractivity contribution >= 4 is 11.6 Å². The number of amides is 1. The van der Waals surface area contributed by atoms with E-state index < -0.39 is 12.5 Å². The van der Waals surface area contributed by atoms with Gasteiger partial charge in [-0.15, -0.1) is 0 Å². The minimum absolute atomic E-state index is 0.0883. The number of nitrogens with zero attached hydrogens (tertiary/aromatic N) is 4. The van der Waals surface area contributed by atoms with E-state index in [1.54, 1.807) is 18.7 Å². The molecule has 1 N–H and O–H groups in total. The van der Waals surface area contributed by atoms with E-state index >= 15 is 0 Å². The lowest BCUT2D eigenvalue weighted by molar-refractivity contribution is 0.0561. The molecule has 27 heavy (non-hydrogen) atoms. The highest BCUT2D eigenvalue weighted by atomic mass is 19.3. The van der Waals surface area contributed by atoms with E-state index in [2.05, 4.69) is 15.5 Å². The van der Waals surface area contributed by atoms with Crippen LogP contribution < -0.4 is 10.1 Å². The molecule has 0 aliphatic carbocycles. The molecular weight excluding hydrogens is 356 g/mol. The van der Waals surface area contributed by atoms with Crippen LogP contribution in [0.15, 0.2) is 36.5 Å². The number of methoxy groups -OCH3 is 1. The van der Waals surface area contributed by atoms with Crippen LogP contribution in [0.3, 0.4) is 0 Å². The number of hydrogen-bond donors (Lipinski definition) is 1. The van der Waals surface area contributed by atoms with E-state index in [1.807, 2.05) is 31.2 Å². The molecule has 2 heterocycles. The zero-order valence-electron chi connectivity index (χ0n) is 15.1. The lowest BCUT2D eigenvalue weighted by atomic mass is 10.2. The summed E-state index contributed by atoms with van der Waals surface area (Å²) >= 11 is 0. The van der Waals surface area contributed by atoms with Crippen molar-refractivity contribution in [1.82, 2.24) is 19.6 Å². The third-order valence-corrected chi connectivity index (χ3v) is 4.13. The molecule has 0 bridgehead atoms. The number of carbonyl (C=O) groups excluding carboxylic acids is 1. The highest BCUT2D eigenvalue weighted by Gasteiger charge is 2.18. The second-order valence-corrected chi connectivity index (χ2v) is 5.97. The number of aromatic nitrogens is 4. The van der Waals surface area contributed by atoms with E-state index in [9.17, 15) is 13.6 Å². The predicted molar refractivity (Wildman–Crippen MR) is 95.2 cm³/mol. The van der Waals surface area contributed by atoms with Crippen LogP contribution in [0.4, 0.5) is 14.5 Å². The average Bonchev–Trinajstić information content (AvgIpc) is 3.23. The minimum Gasteiger partial charge on any atom is -0.497 e. The Morgan fingerprint density at radius 1 is 1.26 bits per heavy atom. The van der Waals surface area contributed by atoms with Crippen molar-refractivity contribution in [3.8, 4) is 5.75 Å². The Kier molecular flexibility index (Phi) is 5.20. The number of ether oxygens (including phenoxy) is 1. The molecule has 0 spiro atoms. The quantitative estimate of drug-likeness (QED) is 0.717. The van der Waals surface area contributed by atoms with Crippen molar-refractivity contribution in [2.45, 2.75) is 26.9 Å². The van der Waals surface area contributed by atoms with Gasteiger partial charge in [0.15, 0.2) is 5.69 Å². The Labute approximate surface area is 154 Å². The topological polar surface area (TPSA) is 74.0 Å². The van der Waals surface area contributed by atoms with Gasteiger partial charge in [0, 0.05) is 6.20 Å². The predicted octanol–water partition coefficient (Wildman–Crippen LogP) is 3.40. The number of benzene rings is 1. The third-order valence-electron chi connectivity index (χ3n) is 4.13. The van der Waals surface area contributed by atoms with E-state index in [4.69, 9.17) is 4.74 Å². The van der Waals surface area contributed by atoms with Crippen molar-refractivity contribution in [1.29, 1.82) is 0 Å². The van der Waals surface area contributed by atoms with Crippen LogP contribution in [-0.2, 0) is 6.54 Å². The van der Waals surface area contributed by atoms with Gasteiger partial charge in [0.05, 0.1) is 30.7 Å². The molecule has 7 nitrogen and oxygen atoms in total. The van der Waals surface area contributed by atoms with Gasteiger partial charge in [-0.2, -0.15) is 19.0 Å². The van der Waals surface area contributed by atoms with Gasteiger partial charge in [0.25, 0.3) is 5.91 Å². The van der Waals surface area contributed by atoms with Crippen LogP contribution in [0.1, 0.15) is 34.0 Å². The standard InChI is InChI=1S/C18H19F2N5O2/c1-11-16(21-17(26)15-7-8-24(23-15)18(19)20)12(2)25(22-11)10-13-5-4-6-14(9-13)27-3/h4-9,18H,10H2,1-3H3,(H,21,26). The SMILES string of the molecule is COc1cccc(Cn2nc(C)c(NC(=O)c3ccn(C(F)F)n3)c2C)c1. The van der Waals surface area contributed by atoms with Crippen molar-refractivity contribution < 1.29 is 18.3 Å². The normalized spacial score (nSPS) is 11.0. The van der Waals surface area contributed by atoms with E-state index in [-0.39, 0.29) is 5.69 Å². The number of hydrogen-bond acceptors (Lipinski definition) is 4. The first-order valence-corrected chi connectivity index (χ1v) is 8.20. The lowest BCUT2D eigenvalue weighted by Gasteiger charge is -2.08. The van der Waals surface area contributed by atoms with Crippen LogP contribution in [0, 0.1) is 13.8 Å². The molecule has 2 aromatic heterocycles. The maximum absolute atomic E-state index is 12.6. The highest BCUT2D eigenvalue weighted by molar-refractivity contribution is 6.03. The third kappa shape index (κ3) is 3.97. The molecule has 0 unspecified atom stereocenters. The summed E-state index contributed by atoms with van der Waals surface area (Å²) in [5.74, 6) is 0.179. The molecule has 0 atom stereocenters. The molecule has 1 aromatic carbocycles. The summed E-state index contributed by atoms with van der Waals surface area (Å²) < 4.78 is 32.6. The summed E-state index contributed by atoms with van der Waals surface area (Å²) in [6.07, 6.45) is 1.06. The van der Waals surface area contributed by atoms with Gasteiger partial charge in [-0.25, -0.2) is 4.68 Å². The molecule has 0 aliphatic rings. The first-order chi connectivity index (χ1) is 12.9. The summed E-state index contributed by atoms with van der Waals surface area (Å²) in [5, 5.41) is 10.7. The molecule has 0 saturated heterocycles. The molecule has 142 valence electrons. The number of alkyl halides is 2. The molecule has 1 amide bonds. The average molecular weight is 375 g/mol. The van der Waals surface area contributed by atoms with Crippen molar-refractivity contribution in [2.75, 3.05) is 12.4 Å². The maximum Gasteiger partial charge on any atom is 0.333 e. The Bertz CT molecular complexity index is 965. The first kappa shape index (κ1) is 18.6. The summed E-state index contributed by atoms with van der Waals surface area (Å²) in [7, 11) is 1.60. The van der Waals surface area contributed by atoms with Gasteiger partial charge in [0.1, 0.15) is 5.75 Å². The van der Waals surface area contributed by atoms with Gasteiger partial charge in [-0.05, 0) is 37.6 Å². The fourth-order valence-electron chi connectivity index (χ4n) is 2.72. The Morgan fingerprint density at radius 3 is 2.70 bits per heavy atom. The molecule has 0 aliphatic heterocycles. The molecule has 3 rings (SSSR count). The smallest absolute Gasteiger partial charge is 0.333 e. The van der Waals surface area contributed by atoms with E-state index in [0.29, 0.717) is 22.6 Å². The van der Waals surface area contributed by atoms with Crippen LogP contribution in [0.25, 0.3) is 0 Å². The zero-order valence-corrected chi connectivity index (χ0v) is 15.1. The number of aryl methyl sites for hydroxylation is 1. The van der Waals surface area contributed by atoms with Crippen molar-refractivity contribution in [3.63, 3.8) is 0 Å². The summed E-state index contributed by atoms with van der Waals surface area (Å²) in [4.78, 5) is 12.3. The number of anilines is 1. The summed E-state index contributed by atoms with van der Waals surface area (Å²) in [6.45, 7) is 1.30. The van der Waals surface area contributed by atoms with Gasteiger partial charge in [0.2, 0.25) is 0 Å². The summed E-state index contributed by atoms with van der Waals surface area (Å²) in [6, 6.07) is 8.85. The van der Waals surface area contributed by atoms with Crippen LogP contribution in [0.5, 0.6) is 5.75 Å². The number of rotatable bonds is 6. The van der Waals surface area contributed by atoms with Crippen molar-refractivity contribution in [2.24, 2.45) is 0 Å². The van der Waals surface area contributed by atoms with Crippen molar-refractivity contribution in [3.05, 3.63) is 59.2 Å². The molecule has 0 fully saturated rings. The maximum atomic E-state index is 12.6. The monoisotopic (exact) mass is 375 g/mol. The largest absolute Gasteiger partial charge is 0.497 e. The zero-order chi connectivity index (χ0) is 19.6. The summed E-state index contributed by atoms with van der Waals surface area (Å²) in [5.41, 5.74) is 2.81. The number of carbonyl (C=O) groups is 1. The molecule has 0 saturated carbocycles. The number of halogens is 2. The van der Waals surface area contributed by atoms with Crippen LogP contribution in [0.2, 0.25) is 0 Å². The van der Waals surface area contributed by atoms with Gasteiger partial charge < -0.3 is 10.1 Å². The fraction of sp³-hybridized carbons (Fsp3) is 0.278. The van der Waals surface area contributed by atoms with Gasteiger partial charge in [-0.1, -0.05) is 12.1 Å². The fourth-order valence-corrected chi connectivity index (χ4v) is 2.72. The Hall–Kier alpha value is -3.23. The minimum atomic E-state index is -2.79. The van der Waals surface area contributed by atoms with Crippen LogP contribution in [-0.4, -0.2) is 32.6 Å². The second kappa shape index (κ2) is 7.56. The van der Waals surface area contributed by atoms with Crippen LogP contribution >= 0.6 is 0 Å². The Morgan fingerprint density at radius 2 is 2.04 bits per heavy atom. The highest BCUT2D eigenvalue weighted by Crippen LogP contribution is 2.22.